The van der Waals surface area contributed by atoms with Gasteiger partial charge in [-0.3, -0.25) is 9.59 Å². The Hall–Kier alpha value is -2.90. The van der Waals surface area contributed by atoms with Crippen molar-refractivity contribution in [3.05, 3.63) is 53.6 Å². The molecule has 2 aromatic rings. The number of rotatable bonds is 7. The van der Waals surface area contributed by atoms with Crippen molar-refractivity contribution in [3.63, 3.8) is 0 Å². The average Bonchev–Trinajstić information content (AvgIpc) is 2.71. The van der Waals surface area contributed by atoms with Gasteiger partial charge < -0.3 is 25.2 Å². The lowest BCUT2D eigenvalue weighted by Crippen LogP contribution is -3.11. The molecule has 0 spiro atoms. The Morgan fingerprint density at radius 3 is 2.07 bits per heavy atom. The first-order valence-corrected chi connectivity index (χ1v) is 10.3. The van der Waals surface area contributed by atoms with Gasteiger partial charge in [0.05, 0.1) is 20.3 Å². The first-order valence-electron chi connectivity index (χ1n) is 10.3. The monoisotopic (exact) mass is 411 g/mol. The van der Waals surface area contributed by atoms with E-state index in [-0.39, 0.29) is 24.9 Å². The topological polar surface area (TPSA) is 75.1 Å². The lowest BCUT2D eigenvalue weighted by atomic mass is 10.1. The summed E-state index contributed by atoms with van der Waals surface area (Å²) in [6.45, 7) is 7.72. The van der Waals surface area contributed by atoms with Crippen molar-refractivity contribution in [2.75, 3.05) is 62.0 Å². The van der Waals surface area contributed by atoms with Gasteiger partial charge in [-0.05, 0) is 61.4 Å². The molecule has 30 heavy (non-hydrogen) atoms. The summed E-state index contributed by atoms with van der Waals surface area (Å²) in [5, 5.41) is 5.80. The van der Waals surface area contributed by atoms with Crippen molar-refractivity contribution in [2.24, 2.45) is 0 Å². The van der Waals surface area contributed by atoms with Gasteiger partial charge in [0.25, 0.3) is 11.8 Å². The highest BCUT2D eigenvalue weighted by atomic mass is 16.5. The molecule has 7 nitrogen and oxygen atoms in total. The molecule has 2 amide bonds. The zero-order chi connectivity index (χ0) is 21.5. The number of ether oxygens (including phenoxy) is 1. The molecule has 1 atom stereocenters. The van der Waals surface area contributed by atoms with Crippen LogP contribution in [0.4, 0.5) is 17.1 Å². The third kappa shape index (κ3) is 6.30. The van der Waals surface area contributed by atoms with Gasteiger partial charge in [0, 0.05) is 30.2 Å². The number of aryl methyl sites for hydroxylation is 2. The summed E-state index contributed by atoms with van der Waals surface area (Å²) >= 11 is 0. The molecule has 1 saturated heterocycles. The van der Waals surface area contributed by atoms with Gasteiger partial charge in [-0.2, -0.15) is 0 Å². The summed E-state index contributed by atoms with van der Waals surface area (Å²) in [7, 11) is 1.83. The third-order valence-electron chi connectivity index (χ3n) is 5.24. The number of nitrogens with zero attached hydrogens (tertiary/aromatic N) is 1. The largest absolute Gasteiger partial charge is 0.378 e. The number of amides is 2. The van der Waals surface area contributed by atoms with E-state index < -0.39 is 0 Å². The molecule has 0 aliphatic carbocycles. The van der Waals surface area contributed by atoms with E-state index >= 15 is 0 Å². The van der Waals surface area contributed by atoms with E-state index in [2.05, 4.69) is 15.5 Å². The normalized spacial score (nSPS) is 14.8. The molecule has 1 unspecified atom stereocenters. The second kappa shape index (κ2) is 10.2. The fraction of sp³-hybridized carbons (Fsp3) is 0.391. The van der Waals surface area contributed by atoms with E-state index in [0.29, 0.717) is 0 Å². The number of quaternary nitrogens is 1. The molecule has 0 radical (unpaired) electrons. The molecule has 0 aromatic heterocycles. The molecular weight excluding hydrogens is 380 g/mol. The Balaban J connectivity index is 1.44. The molecule has 160 valence electrons. The van der Waals surface area contributed by atoms with Crippen molar-refractivity contribution in [2.45, 2.75) is 13.8 Å². The van der Waals surface area contributed by atoms with Gasteiger partial charge in [-0.25, -0.2) is 0 Å². The number of likely N-dealkylation sites (N-methyl/N-ethyl adjacent to an activating group) is 1. The van der Waals surface area contributed by atoms with E-state index in [9.17, 15) is 9.59 Å². The van der Waals surface area contributed by atoms with Crippen LogP contribution in [-0.2, 0) is 14.3 Å². The summed E-state index contributed by atoms with van der Waals surface area (Å²) in [5.74, 6) is -0.232. The smallest absolute Gasteiger partial charge is 0.279 e. The molecule has 3 N–H and O–H groups in total. The van der Waals surface area contributed by atoms with Crippen LogP contribution in [0, 0.1) is 13.8 Å². The summed E-state index contributed by atoms with van der Waals surface area (Å²) in [5.41, 5.74) is 4.98. The van der Waals surface area contributed by atoms with Crippen LogP contribution in [0.3, 0.4) is 0 Å². The average molecular weight is 412 g/mol. The standard InChI is InChI=1S/C23H30N4O3/c1-17-4-5-20(14-18(17)2)25-23(29)16-26(3)15-22(28)24-19-6-8-21(9-7-19)27-10-12-30-13-11-27/h4-9,14H,10-13,15-16H2,1-3H3,(H,24,28)(H,25,29)/p+1. The Kier molecular flexibility index (Phi) is 7.43. The second-order valence-corrected chi connectivity index (χ2v) is 7.85. The Morgan fingerprint density at radius 2 is 1.47 bits per heavy atom. The maximum Gasteiger partial charge on any atom is 0.279 e. The highest BCUT2D eigenvalue weighted by Crippen LogP contribution is 2.19. The summed E-state index contributed by atoms with van der Waals surface area (Å²) in [4.78, 5) is 27.7. The summed E-state index contributed by atoms with van der Waals surface area (Å²) in [6, 6.07) is 13.7. The van der Waals surface area contributed by atoms with Crippen LogP contribution in [0.5, 0.6) is 0 Å². The molecule has 1 fully saturated rings. The minimum Gasteiger partial charge on any atom is -0.378 e. The predicted molar refractivity (Wildman–Crippen MR) is 119 cm³/mol. The first-order chi connectivity index (χ1) is 14.4. The first kappa shape index (κ1) is 21.8. The van der Waals surface area contributed by atoms with Crippen LogP contribution in [0.15, 0.2) is 42.5 Å². The van der Waals surface area contributed by atoms with Gasteiger partial charge in [0.1, 0.15) is 0 Å². The number of anilines is 3. The Labute approximate surface area is 178 Å². The minimum absolute atomic E-state index is 0.113. The molecule has 0 bridgehead atoms. The molecular formula is C23H31N4O3+. The van der Waals surface area contributed by atoms with E-state index in [4.69, 9.17) is 4.74 Å². The van der Waals surface area contributed by atoms with E-state index in [1.807, 2.05) is 63.4 Å². The van der Waals surface area contributed by atoms with Crippen molar-refractivity contribution in [1.29, 1.82) is 0 Å². The van der Waals surface area contributed by atoms with Gasteiger partial charge in [-0.1, -0.05) is 6.07 Å². The third-order valence-corrected chi connectivity index (χ3v) is 5.24. The molecule has 1 aliphatic heterocycles. The van der Waals surface area contributed by atoms with Crippen LogP contribution in [0.25, 0.3) is 0 Å². The van der Waals surface area contributed by atoms with Crippen molar-refractivity contribution >= 4 is 28.9 Å². The number of hydrogen-bond donors (Lipinski definition) is 3. The van der Waals surface area contributed by atoms with Crippen molar-refractivity contribution in [1.82, 2.24) is 0 Å². The Morgan fingerprint density at radius 1 is 0.900 bits per heavy atom. The molecule has 7 heteroatoms. The summed E-state index contributed by atoms with van der Waals surface area (Å²) in [6.07, 6.45) is 0. The Bertz CT molecular complexity index is 877. The fourth-order valence-electron chi connectivity index (χ4n) is 3.42. The number of carbonyl (C=O) groups is 2. The van der Waals surface area contributed by atoms with Gasteiger partial charge >= 0.3 is 0 Å². The number of hydrogen-bond acceptors (Lipinski definition) is 4. The van der Waals surface area contributed by atoms with Gasteiger partial charge in [0.15, 0.2) is 13.1 Å². The SMILES string of the molecule is Cc1ccc(NC(=O)C[NH+](C)CC(=O)Nc2ccc(N3CCOCC3)cc2)cc1C. The number of nitrogens with one attached hydrogen (secondary N) is 3. The predicted octanol–water partition coefficient (Wildman–Crippen LogP) is 1.23. The lowest BCUT2D eigenvalue weighted by molar-refractivity contribution is -0.862. The van der Waals surface area contributed by atoms with Gasteiger partial charge in [0.2, 0.25) is 0 Å². The zero-order valence-corrected chi connectivity index (χ0v) is 18.0. The van der Waals surface area contributed by atoms with Crippen molar-refractivity contribution in [3.8, 4) is 0 Å². The molecule has 1 heterocycles. The van der Waals surface area contributed by atoms with Crippen LogP contribution in [0.2, 0.25) is 0 Å². The zero-order valence-electron chi connectivity index (χ0n) is 18.0. The molecule has 2 aromatic carbocycles. The van der Waals surface area contributed by atoms with Crippen LogP contribution in [0.1, 0.15) is 11.1 Å². The molecule has 0 saturated carbocycles. The second-order valence-electron chi connectivity index (χ2n) is 7.85. The van der Waals surface area contributed by atoms with E-state index in [0.717, 1.165) is 53.8 Å². The lowest BCUT2D eigenvalue weighted by Gasteiger charge is -2.28. The quantitative estimate of drug-likeness (QED) is 0.641. The molecule has 1 aliphatic rings. The number of benzene rings is 2. The summed E-state index contributed by atoms with van der Waals surface area (Å²) < 4.78 is 5.38. The number of morpholine rings is 1. The highest BCUT2D eigenvalue weighted by molar-refractivity contribution is 5.93. The van der Waals surface area contributed by atoms with Crippen LogP contribution < -0.4 is 20.4 Å². The minimum atomic E-state index is -0.120. The highest BCUT2D eigenvalue weighted by Gasteiger charge is 2.15. The molecule has 3 rings (SSSR count). The fourth-order valence-corrected chi connectivity index (χ4v) is 3.42. The van der Waals surface area contributed by atoms with E-state index in [1.165, 1.54) is 5.56 Å². The maximum absolute atomic E-state index is 12.3. The maximum atomic E-state index is 12.3. The van der Waals surface area contributed by atoms with Crippen LogP contribution in [-0.4, -0.2) is 58.3 Å². The van der Waals surface area contributed by atoms with Crippen molar-refractivity contribution < 1.29 is 19.2 Å². The van der Waals surface area contributed by atoms with Gasteiger partial charge in [-0.15, -0.1) is 0 Å². The van der Waals surface area contributed by atoms with Crippen LogP contribution >= 0.6 is 0 Å². The number of carbonyl (C=O) groups excluding carboxylic acids is 2. The van der Waals surface area contributed by atoms with E-state index in [1.54, 1.807) is 0 Å².